The normalized spacial score (nSPS) is 17.9. The van der Waals surface area contributed by atoms with Crippen molar-refractivity contribution < 1.29 is 17.9 Å². The first kappa shape index (κ1) is 29.4. The van der Waals surface area contributed by atoms with Crippen LogP contribution in [0.3, 0.4) is 0 Å². The average molecular weight is 598 g/mol. The van der Waals surface area contributed by atoms with Crippen LogP contribution in [-0.4, -0.2) is 38.9 Å². The van der Waals surface area contributed by atoms with Crippen LogP contribution in [0.15, 0.2) is 95.9 Å². The smallest absolute Gasteiger partial charge is 0.241 e. The molecule has 2 unspecified atom stereocenters. The third kappa shape index (κ3) is 6.93. The molecule has 1 heterocycles. The first-order valence-corrected chi connectivity index (χ1v) is 16.7. The Morgan fingerprint density at radius 1 is 0.907 bits per heavy atom. The van der Waals surface area contributed by atoms with E-state index in [0.29, 0.717) is 19.1 Å². The minimum atomic E-state index is -3.90. The summed E-state index contributed by atoms with van der Waals surface area (Å²) in [7, 11) is -1.71. The SMILES string of the molecule is CN(Cc1ccc2c(c1)OCCC2NC(=O)CC(NS(=O)(=O)c1ccc2ccccc2c1)c1ccccc1)C1CCCC1. The first-order chi connectivity index (χ1) is 20.9. The summed E-state index contributed by atoms with van der Waals surface area (Å²) in [6.45, 7) is 1.38. The van der Waals surface area contributed by atoms with E-state index in [1.54, 1.807) is 18.2 Å². The van der Waals surface area contributed by atoms with Crippen LogP contribution in [0.2, 0.25) is 0 Å². The van der Waals surface area contributed by atoms with Crippen molar-refractivity contribution in [3.8, 4) is 5.75 Å². The van der Waals surface area contributed by atoms with Gasteiger partial charge in [-0.3, -0.25) is 9.69 Å². The number of ether oxygens (including phenoxy) is 1. The van der Waals surface area contributed by atoms with Gasteiger partial charge in [-0.05, 0) is 60.0 Å². The molecule has 8 heteroatoms. The molecule has 1 aliphatic carbocycles. The van der Waals surface area contributed by atoms with Crippen LogP contribution in [0.1, 0.15) is 67.3 Å². The number of amides is 1. The Kier molecular flexibility index (Phi) is 8.79. The predicted molar refractivity (Wildman–Crippen MR) is 169 cm³/mol. The molecule has 2 N–H and O–H groups in total. The number of benzene rings is 4. The minimum absolute atomic E-state index is 0.0339. The highest BCUT2D eigenvalue weighted by molar-refractivity contribution is 7.89. The largest absolute Gasteiger partial charge is 0.493 e. The second-order valence-electron chi connectivity index (χ2n) is 11.8. The van der Waals surface area contributed by atoms with E-state index in [-0.39, 0.29) is 23.3 Å². The topological polar surface area (TPSA) is 87.7 Å². The fraction of sp³-hybridized carbons (Fsp3) is 0.343. The van der Waals surface area contributed by atoms with Gasteiger partial charge in [-0.15, -0.1) is 0 Å². The molecule has 6 rings (SSSR count). The standard InChI is InChI=1S/C35H39N3O4S/c1-38(29-13-7-8-14-29)24-25-15-18-31-32(19-20-42-34(31)21-25)36-35(39)23-33(27-10-3-2-4-11-27)37-43(40,41)30-17-16-26-9-5-6-12-28(26)22-30/h2-6,9-12,15-18,21-22,29,32-33,37H,7-8,13-14,19-20,23-24H2,1H3,(H,36,39). The predicted octanol–water partition coefficient (Wildman–Crippen LogP) is 6.26. The monoisotopic (exact) mass is 597 g/mol. The van der Waals surface area contributed by atoms with Crippen molar-refractivity contribution in [3.63, 3.8) is 0 Å². The van der Waals surface area contributed by atoms with E-state index in [4.69, 9.17) is 4.74 Å². The molecule has 0 saturated heterocycles. The Balaban J connectivity index is 1.16. The Morgan fingerprint density at radius 2 is 1.65 bits per heavy atom. The number of rotatable bonds is 10. The second kappa shape index (κ2) is 12.9. The van der Waals surface area contributed by atoms with E-state index in [9.17, 15) is 13.2 Å². The van der Waals surface area contributed by atoms with E-state index < -0.39 is 16.1 Å². The van der Waals surface area contributed by atoms with Crippen LogP contribution in [0.25, 0.3) is 10.8 Å². The van der Waals surface area contributed by atoms with E-state index in [2.05, 4.69) is 40.2 Å². The van der Waals surface area contributed by atoms with Crippen LogP contribution in [0.4, 0.5) is 0 Å². The van der Waals surface area contributed by atoms with Crippen LogP contribution in [-0.2, 0) is 21.4 Å². The maximum absolute atomic E-state index is 13.5. The Morgan fingerprint density at radius 3 is 2.44 bits per heavy atom. The van der Waals surface area contributed by atoms with Crippen molar-refractivity contribution in [2.45, 2.75) is 68.1 Å². The average Bonchev–Trinajstić information content (AvgIpc) is 3.56. The van der Waals surface area contributed by atoms with Crippen LogP contribution < -0.4 is 14.8 Å². The van der Waals surface area contributed by atoms with Crippen molar-refractivity contribution in [2.75, 3.05) is 13.7 Å². The van der Waals surface area contributed by atoms with Crippen molar-refractivity contribution in [3.05, 3.63) is 108 Å². The highest BCUT2D eigenvalue weighted by Crippen LogP contribution is 2.34. The molecule has 0 spiro atoms. The molecule has 1 amide bonds. The summed E-state index contributed by atoms with van der Waals surface area (Å²) in [5.74, 6) is 0.587. The van der Waals surface area contributed by atoms with E-state index in [1.807, 2.05) is 54.6 Å². The summed E-state index contributed by atoms with van der Waals surface area (Å²) in [6.07, 6.45) is 5.74. The zero-order valence-corrected chi connectivity index (χ0v) is 25.4. The number of carbonyl (C=O) groups is 1. The molecule has 0 radical (unpaired) electrons. The van der Waals surface area contributed by atoms with Crippen molar-refractivity contribution in [1.29, 1.82) is 0 Å². The molecule has 4 aromatic rings. The van der Waals surface area contributed by atoms with Gasteiger partial charge in [0, 0.05) is 31.0 Å². The van der Waals surface area contributed by atoms with Gasteiger partial charge in [0.25, 0.3) is 0 Å². The number of nitrogens with one attached hydrogen (secondary N) is 2. The molecule has 224 valence electrons. The molecule has 1 saturated carbocycles. The molecule has 2 atom stereocenters. The summed E-state index contributed by atoms with van der Waals surface area (Å²) in [4.78, 5) is 16.1. The van der Waals surface area contributed by atoms with Gasteiger partial charge in [-0.1, -0.05) is 85.6 Å². The minimum Gasteiger partial charge on any atom is -0.493 e. The van der Waals surface area contributed by atoms with Crippen molar-refractivity contribution in [2.24, 2.45) is 0 Å². The van der Waals surface area contributed by atoms with Gasteiger partial charge in [0.15, 0.2) is 0 Å². The molecule has 7 nitrogen and oxygen atoms in total. The molecular formula is C35H39N3O4S. The Hall–Kier alpha value is -3.72. The Labute approximate surface area is 254 Å². The number of carbonyl (C=O) groups excluding carboxylic acids is 1. The maximum atomic E-state index is 13.5. The summed E-state index contributed by atoms with van der Waals surface area (Å²) in [6, 6.07) is 28.0. The number of fused-ring (bicyclic) bond motifs is 2. The fourth-order valence-electron chi connectivity index (χ4n) is 6.39. The van der Waals surface area contributed by atoms with E-state index in [1.165, 1.54) is 31.2 Å². The van der Waals surface area contributed by atoms with Crippen LogP contribution in [0, 0.1) is 0 Å². The van der Waals surface area contributed by atoms with Gasteiger partial charge in [0.1, 0.15) is 5.75 Å². The lowest BCUT2D eigenvalue weighted by Gasteiger charge is -2.29. The summed E-state index contributed by atoms with van der Waals surface area (Å²) in [5, 5.41) is 4.97. The van der Waals surface area contributed by atoms with Crippen molar-refractivity contribution in [1.82, 2.24) is 14.9 Å². The highest BCUT2D eigenvalue weighted by Gasteiger charge is 2.28. The molecule has 1 aliphatic heterocycles. The van der Waals surface area contributed by atoms with Crippen LogP contribution in [0.5, 0.6) is 5.75 Å². The number of hydrogen-bond acceptors (Lipinski definition) is 5. The van der Waals surface area contributed by atoms with Gasteiger partial charge in [0.2, 0.25) is 15.9 Å². The molecule has 0 bridgehead atoms. The number of hydrogen-bond donors (Lipinski definition) is 2. The van der Waals surface area contributed by atoms with Gasteiger partial charge >= 0.3 is 0 Å². The lowest BCUT2D eigenvalue weighted by molar-refractivity contribution is -0.122. The van der Waals surface area contributed by atoms with Gasteiger partial charge in [0.05, 0.1) is 23.6 Å². The van der Waals surface area contributed by atoms with Gasteiger partial charge in [-0.2, -0.15) is 0 Å². The first-order valence-electron chi connectivity index (χ1n) is 15.2. The van der Waals surface area contributed by atoms with Gasteiger partial charge < -0.3 is 10.1 Å². The number of sulfonamides is 1. The fourth-order valence-corrected chi connectivity index (χ4v) is 7.65. The molecular weight excluding hydrogens is 558 g/mol. The highest BCUT2D eigenvalue weighted by atomic mass is 32.2. The summed E-state index contributed by atoms with van der Waals surface area (Å²) >= 11 is 0. The maximum Gasteiger partial charge on any atom is 0.241 e. The van der Waals surface area contributed by atoms with Crippen molar-refractivity contribution >= 4 is 26.7 Å². The molecule has 2 aliphatic rings. The molecule has 1 fully saturated rings. The van der Waals surface area contributed by atoms with Gasteiger partial charge in [-0.25, -0.2) is 13.1 Å². The van der Waals surface area contributed by atoms with E-state index >= 15 is 0 Å². The molecule has 0 aromatic heterocycles. The molecule has 4 aromatic carbocycles. The van der Waals surface area contributed by atoms with Crippen LogP contribution >= 0.6 is 0 Å². The lowest BCUT2D eigenvalue weighted by Crippen LogP contribution is -2.36. The quantitative estimate of drug-likeness (QED) is 0.225. The Bertz CT molecular complexity index is 1690. The summed E-state index contributed by atoms with van der Waals surface area (Å²) < 4.78 is 35.9. The number of nitrogens with zero attached hydrogens (tertiary/aromatic N) is 1. The second-order valence-corrected chi connectivity index (χ2v) is 13.5. The zero-order valence-electron chi connectivity index (χ0n) is 24.5. The lowest BCUT2D eigenvalue weighted by atomic mass is 9.97. The molecule has 43 heavy (non-hydrogen) atoms. The zero-order chi connectivity index (χ0) is 29.8. The third-order valence-electron chi connectivity index (χ3n) is 8.75. The third-order valence-corrected chi connectivity index (χ3v) is 10.2. The van der Waals surface area contributed by atoms with E-state index in [0.717, 1.165) is 34.2 Å². The summed E-state index contributed by atoms with van der Waals surface area (Å²) in [5.41, 5.74) is 2.89.